The maximum absolute atomic E-state index is 13.2. The first-order chi connectivity index (χ1) is 16.2. The van der Waals surface area contributed by atoms with Gasteiger partial charge in [0.25, 0.3) is 0 Å². The topological polar surface area (TPSA) is 82.8 Å². The van der Waals surface area contributed by atoms with Crippen molar-refractivity contribution in [3.8, 4) is 11.3 Å². The lowest BCUT2D eigenvalue weighted by molar-refractivity contribution is -0.136. The highest BCUT2D eigenvalue weighted by Crippen LogP contribution is 2.34. The summed E-state index contributed by atoms with van der Waals surface area (Å²) < 4.78 is 53.3. The Morgan fingerprint density at radius 1 is 1.15 bits per heavy atom. The van der Waals surface area contributed by atoms with E-state index in [9.17, 15) is 27.2 Å². The number of carbonyl (C=O) groups excluding carboxylic acids is 2. The highest BCUT2D eigenvalue weighted by molar-refractivity contribution is 5.82. The van der Waals surface area contributed by atoms with Crippen LogP contribution in [0.4, 0.5) is 17.6 Å². The minimum atomic E-state index is -4.66. The Balaban J connectivity index is 0.000000192. The van der Waals surface area contributed by atoms with Gasteiger partial charge in [-0.25, -0.2) is 13.9 Å². The number of hydrogen-bond donors (Lipinski definition) is 1. The average Bonchev–Trinajstić information content (AvgIpc) is 3.22. The van der Waals surface area contributed by atoms with Gasteiger partial charge in [0, 0.05) is 38.3 Å². The smallest absolute Gasteiger partial charge is 0.353 e. The summed E-state index contributed by atoms with van der Waals surface area (Å²) in [5.74, 6) is -0.306. The molecule has 8 nitrogen and oxygen atoms in total. The van der Waals surface area contributed by atoms with Crippen LogP contribution in [0.15, 0.2) is 36.5 Å². The molecule has 0 bridgehead atoms. The van der Waals surface area contributed by atoms with Crippen molar-refractivity contribution in [3.05, 3.63) is 53.6 Å². The molecule has 1 N–H and O–H groups in total. The molecule has 0 spiro atoms. The zero-order chi connectivity index (χ0) is 24.5. The number of rotatable bonds is 2. The molecule has 4 heterocycles. The number of alkyl halides is 3. The van der Waals surface area contributed by atoms with Crippen LogP contribution in [0.2, 0.25) is 0 Å². The van der Waals surface area contributed by atoms with E-state index < -0.39 is 23.2 Å². The summed E-state index contributed by atoms with van der Waals surface area (Å²) >= 11 is 0. The number of benzene rings is 1. The van der Waals surface area contributed by atoms with E-state index in [0.29, 0.717) is 11.8 Å². The summed E-state index contributed by atoms with van der Waals surface area (Å²) in [6, 6.07) is 5.82. The van der Waals surface area contributed by atoms with Crippen LogP contribution < -0.4 is 5.32 Å². The lowest BCUT2D eigenvalue weighted by Crippen LogP contribution is -2.63. The van der Waals surface area contributed by atoms with E-state index in [1.54, 1.807) is 0 Å². The summed E-state index contributed by atoms with van der Waals surface area (Å²) in [4.78, 5) is 30.2. The van der Waals surface area contributed by atoms with Gasteiger partial charge in [-0.3, -0.25) is 14.5 Å². The molecule has 1 unspecified atom stereocenters. The molecule has 0 radical (unpaired) electrons. The molecule has 2 aliphatic rings. The maximum Gasteiger partial charge on any atom is 0.420 e. The summed E-state index contributed by atoms with van der Waals surface area (Å²) in [5.41, 5.74) is -1.32. The first-order valence-electron chi connectivity index (χ1n) is 10.5. The Labute approximate surface area is 192 Å². The lowest BCUT2D eigenvalue weighted by atomic mass is 10.1. The fraction of sp³-hybridized carbons (Fsp3) is 0.364. The normalized spacial score (nSPS) is 19.2. The third-order valence-corrected chi connectivity index (χ3v) is 5.71. The van der Waals surface area contributed by atoms with Crippen molar-refractivity contribution in [2.24, 2.45) is 0 Å². The molecule has 3 aromatic rings. The number of halogens is 4. The molecule has 2 saturated heterocycles. The highest BCUT2D eigenvalue weighted by Gasteiger charge is 2.35. The Kier molecular flexibility index (Phi) is 6.62. The second-order valence-electron chi connectivity index (χ2n) is 8.10. The Bertz CT molecular complexity index is 1190. The Hall–Kier alpha value is -3.38. The van der Waals surface area contributed by atoms with E-state index in [-0.39, 0.29) is 23.3 Å². The minimum absolute atomic E-state index is 0.00493. The summed E-state index contributed by atoms with van der Waals surface area (Å²) in [7, 11) is 2.07. The quantitative estimate of drug-likeness (QED) is 0.449. The predicted molar refractivity (Wildman–Crippen MR) is 115 cm³/mol. The molecule has 1 amide bonds. The van der Waals surface area contributed by atoms with Gasteiger partial charge in [-0.2, -0.15) is 18.3 Å². The minimum Gasteiger partial charge on any atom is -0.353 e. The molecule has 2 fully saturated rings. The van der Waals surface area contributed by atoms with Crippen molar-refractivity contribution in [2.75, 3.05) is 39.8 Å². The lowest BCUT2D eigenvalue weighted by Gasteiger charge is -2.41. The van der Waals surface area contributed by atoms with Crippen LogP contribution in [0.1, 0.15) is 16.1 Å². The first-order valence-corrected chi connectivity index (χ1v) is 10.5. The van der Waals surface area contributed by atoms with Crippen molar-refractivity contribution < 1.29 is 27.2 Å². The molecule has 34 heavy (non-hydrogen) atoms. The Morgan fingerprint density at radius 2 is 1.88 bits per heavy atom. The molecular formula is C22H22F4N6O2. The summed E-state index contributed by atoms with van der Waals surface area (Å²) in [5, 5.41) is 6.89. The number of hydrogen-bond acceptors (Lipinski definition) is 6. The van der Waals surface area contributed by atoms with E-state index in [2.05, 4.69) is 32.2 Å². The monoisotopic (exact) mass is 478 g/mol. The van der Waals surface area contributed by atoms with Gasteiger partial charge in [-0.1, -0.05) is 0 Å². The standard InChI is InChI=1S/C14H7F4N3O.C8H15N3O/c15-9-3-1-8(2-4-9)12-5-11(14(16,17)18)13-19-10(7-22)6-21(13)20-12;1-10-4-5-11-3-2-9-8(12)7(11)6-10/h1-7H;7H,2-6H2,1H3,(H,9,12). The van der Waals surface area contributed by atoms with Crippen LogP contribution in [0.25, 0.3) is 16.9 Å². The zero-order valence-electron chi connectivity index (χ0n) is 18.2. The number of nitrogens with one attached hydrogen (secondary N) is 1. The van der Waals surface area contributed by atoms with Crippen LogP contribution in [-0.4, -0.2) is 82.4 Å². The van der Waals surface area contributed by atoms with Crippen molar-refractivity contribution in [2.45, 2.75) is 12.2 Å². The number of piperazine rings is 2. The van der Waals surface area contributed by atoms with Crippen molar-refractivity contribution in [1.82, 2.24) is 29.7 Å². The van der Waals surface area contributed by atoms with Gasteiger partial charge in [0.05, 0.1) is 11.9 Å². The van der Waals surface area contributed by atoms with Crippen LogP contribution in [0, 0.1) is 5.82 Å². The van der Waals surface area contributed by atoms with Crippen molar-refractivity contribution in [3.63, 3.8) is 0 Å². The van der Waals surface area contributed by atoms with E-state index >= 15 is 0 Å². The van der Waals surface area contributed by atoms with Gasteiger partial charge < -0.3 is 10.2 Å². The van der Waals surface area contributed by atoms with E-state index in [1.807, 2.05) is 0 Å². The Morgan fingerprint density at radius 3 is 2.56 bits per heavy atom. The third kappa shape index (κ3) is 5.07. The van der Waals surface area contributed by atoms with E-state index in [1.165, 1.54) is 12.1 Å². The van der Waals surface area contributed by atoms with Crippen LogP contribution >= 0.6 is 0 Å². The number of aldehydes is 1. The van der Waals surface area contributed by atoms with Crippen LogP contribution in [-0.2, 0) is 11.0 Å². The van der Waals surface area contributed by atoms with Gasteiger partial charge in [-0.15, -0.1) is 0 Å². The van der Waals surface area contributed by atoms with E-state index in [4.69, 9.17) is 0 Å². The second-order valence-corrected chi connectivity index (χ2v) is 8.10. The van der Waals surface area contributed by atoms with E-state index in [0.717, 1.165) is 61.6 Å². The van der Waals surface area contributed by atoms with Crippen LogP contribution in [0.3, 0.4) is 0 Å². The number of likely N-dealkylation sites (N-methyl/N-ethyl adjacent to an activating group) is 1. The maximum atomic E-state index is 13.2. The molecule has 0 saturated carbocycles. The molecule has 2 aromatic heterocycles. The molecule has 0 aliphatic carbocycles. The molecule has 12 heteroatoms. The fourth-order valence-electron chi connectivity index (χ4n) is 3.94. The number of aromatic nitrogens is 3. The molecule has 1 aromatic carbocycles. The van der Waals surface area contributed by atoms with Crippen molar-refractivity contribution in [1.29, 1.82) is 0 Å². The van der Waals surface area contributed by atoms with Crippen molar-refractivity contribution >= 4 is 17.8 Å². The van der Waals surface area contributed by atoms with Gasteiger partial charge in [0.1, 0.15) is 23.1 Å². The number of carbonyl (C=O) groups is 2. The SMILES string of the molecule is CN1CCN2CCNC(=O)C2C1.O=Cc1cn2nc(-c3ccc(F)cc3)cc(C(F)(F)F)c2n1. The summed E-state index contributed by atoms with van der Waals surface area (Å²) in [6.45, 7) is 4.84. The average molecular weight is 478 g/mol. The highest BCUT2D eigenvalue weighted by atomic mass is 19.4. The third-order valence-electron chi connectivity index (χ3n) is 5.71. The van der Waals surface area contributed by atoms with Gasteiger partial charge in [-0.05, 0) is 37.4 Å². The van der Waals surface area contributed by atoms with Gasteiger partial charge >= 0.3 is 6.18 Å². The summed E-state index contributed by atoms with van der Waals surface area (Å²) in [6.07, 6.45) is -3.22. The van der Waals surface area contributed by atoms with Gasteiger partial charge in [0.2, 0.25) is 5.91 Å². The first kappa shape index (κ1) is 23.8. The fourth-order valence-corrected chi connectivity index (χ4v) is 3.94. The zero-order valence-corrected chi connectivity index (χ0v) is 18.2. The van der Waals surface area contributed by atoms with Crippen LogP contribution in [0.5, 0.6) is 0 Å². The number of fused-ring (bicyclic) bond motifs is 2. The molecule has 180 valence electrons. The van der Waals surface area contributed by atoms with Gasteiger partial charge in [0.15, 0.2) is 11.9 Å². The molecule has 1 atom stereocenters. The molecule has 2 aliphatic heterocycles. The molecular weight excluding hydrogens is 456 g/mol. The number of imidazole rings is 1. The second kappa shape index (κ2) is 9.47. The number of nitrogens with zero attached hydrogens (tertiary/aromatic N) is 5. The predicted octanol–water partition coefficient (Wildman–Crippen LogP) is 2.10. The number of amides is 1. The largest absolute Gasteiger partial charge is 0.420 e. The molecule has 5 rings (SSSR count).